The molecule has 1 saturated carbocycles. The molecule has 1 aromatic rings. The van der Waals surface area contributed by atoms with Gasteiger partial charge in [-0.1, -0.05) is 19.3 Å². The van der Waals surface area contributed by atoms with Gasteiger partial charge >= 0.3 is 0 Å². The van der Waals surface area contributed by atoms with Crippen LogP contribution < -0.4 is 10.1 Å². The van der Waals surface area contributed by atoms with Gasteiger partial charge in [-0.05, 0) is 78.7 Å². The van der Waals surface area contributed by atoms with Crippen molar-refractivity contribution in [1.29, 1.82) is 0 Å². The van der Waals surface area contributed by atoms with Gasteiger partial charge in [0.25, 0.3) is 0 Å². The van der Waals surface area contributed by atoms with Crippen molar-refractivity contribution in [1.82, 2.24) is 5.32 Å². The smallest absolute Gasteiger partial charge is 0.133 e. The Hall–Kier alpha value is -1.00. The number of aliphatic hydroxyl groups excluding tert-OH is 1. The SMILES string of the molecule is COc1cc2c(cc1Br)/C(=C/C(O)C1CCCCC1)NC(C)(C)C2. The molecular weight excluding hydrogens is 366 g/mol. The predicted molar refractivity (Wildman–Crippen MR) is 102 cm³/mol. The highest BCUT2D eigenvalue weighted by Crippen LogP contribution is 2.37. The van der Waals surface area contributed by atoms with Gasteiger partial charge in [0.15, 0.2) is 0 Å². The van der Waals surface area contributed by atoms with Gasteiger partial charge in [-0.3, -0.25) is 0 Å². The highest BCUT2D eigenvalue weighted by atomic mass is 79.9. The molecular formula is C20H28BrNO2. The van der Waals surface area contributed by atoms with Crippen LogP contribution >= 0.6 is 15.9 Å². The molecule has 0 amide bonds. The Morgan fingerprint density at radius 2 is 2.00 bits per heavy atom. The summed E-state index contributed by atoms with van der Waals surface area (Å²) in [5.41, 5.74) is 3.43. The third kappa shape index (κ3) is 3.80. The van der Waals surface area contributed by atoms with Crippen molar-refractivity contribution >= 4 is 21.6 Å². The molecule has 1 aromatic carbocycles. The maximum atomic E-state index is 10.7. The molecule has 3 nitrogen and oxygen atoms in total. The van der Waals surface area contributed by atoms with Crippen LogP contribution in [0.5, 0.6) is 5.75 Å². The molecule has 0 radical (unpaired) electrons. The lowest BCUT2D eigenvalue weighted by molar-refractivity contribution is 0.125. The van der Waals surface area contributed by atoms with Crippen LogP contribution in [0.2, 0.25) is 0 Å². The van der Waals surface area contributed by atoms with E-state index < -0.39 is 0 Å². The van der Waals surface area contributed by atoms with Gasteiger partial charge in [0.05, 0.1) is 17.7 Å². The highest BCUT2D eigenvalue weighted by Gasteiger charge is 2.30. The van der Waals surface area contributed by atoms with Gasteiger partial charge in [0.2, 0.25) is 0 Å². The molecule has 3 rings (SSSR count). The number of fused-ring (bicyclic) bond motifs is 1. The molecule has 1 fully saturated rings. The molecule has 2 aliphatic rings. The largest absolute Gasteiger partial charge is 0.496 e. The molecule has 0 bridgehead atoms. The number of halogens is 1. The van der Waals surface area contributed by atoms with Crippen LogP contribution in [0.4, 0.5) is 0 Å². The molecule has 24 heavy (non-hydrogen) atoms. The van der Waals surface area contributed by atoms with Gasteiger partial charge in [-0.15, -0.1) is 0 Å². The summed E-state index contributed by atoms with van der Waals surface area (Å²) in [5, 5.41) is 14.4. The van der Waals surface area contributed by atoms with Crippen molar-refractivity contribution in [2.45, 2.75) is 64.0 Å². The monoisotopic (exact) mass is 393 g/mol. The second-order valence-electron chi connectivity index (χ2n) is 7.80. The van der Waals surface area contributed by atoms with Crippen molar-refractivity contribution in [3.63, 3.8) is 0 Å². The first-order valence-electron chi connectivity index (χ1n) is 8.94. The van der Waals surface area contributed by atoms with Crippen molar-refractivity contribution in [3.05, 3.63) is 33.8 Å². The lowest BCUT2D eigenvalue weighted by Crippen LogP contribution is -2.44. The maximum Gasteiger partial charge on any atom is 0.133 e. The molecule has 0 spiro atoms. The van der Waals surface area contributed by atoms with E-state index in [4.69, 9.17) is 4.74 Å². The zero-order valence-corrected chi connectivity index (χ0v) is 16.4. The van der Waals surface area contributed by atoms with Gasteiger partial charge in [0.1, 0.15) is 5.75 Å². The number of rotatable bonds is 3. The van der Waals surface area contributed by atoms with E-state index in [2.05, 4.69) is 47.2 Å². The van der Waals surface area contributed by atoms with Crippen LogP contribution in [0.1, 0.15) is 57.1 Å². The molecule has 1 heterocycles. The second-order valence-corrected chi connectivity index (χ2v) is 8.65. The summed E-state index contributed by atoms with van der Waals surface area (Å²) in [6.45, 7) is 4.40. The quantitative estimate of drug-likeness (QED) is 0.783. The third-order valence-corrected chi connectivity index (χ3v) is 5.86. The van der Waals surface area contributed by atoms with Crippen LogP contribution in [0, 0.1) is 5.92 Å². The van der Waals surface area contributed by atoms with E-state index in [1.165, 1.54) is 24.8 Å². The lowest BCUT2D eigenvalue weighted by atomic mass is 9.82. The summed E-state index contributed by atoms with van der Waals surface area (Å²) in [6.07, 6.45) is 8.64. The molecule has 1 unspecified atom stereocenters. The van der Waals surface area contributed by atoms with Crippen LogP contribution in [-0.4, -0.2) is 23.9 Å². The first kappa shape index (κ1) is 17.8. The number of methoxy groups -OCH3 is 1. The number of aliphatic hydroxyl groups is 1. The fourth-order valence-corrected chi connectivity index (χ4v) is 4.52. The number of nitrogens with one attached hydrogen (secondary N) is 1. The number of benzene rings is 1. The van der Waals surface area contributed by atoms with Gasteiger partial charge in [-0.25, -0.2) is 0 Å². The maximum absolute atomic E-state index is 10.7. The number of hydrogen-bond donors (Lipinski definition) is 2. The Kier molecular flexibility index (Phi) is 5.26. The second kappa shape index (κ2) is 7.09. The van der Waals surface area contributed by atoms with E-state index in [9.17, 15) is 5.11 Å². The summed E-state index contributed by atoms with van der Waals surface area (Å²) >= 11 is 3.59. The van der Waals surface area contributed by atoms with E-state index >= 15 is 0 Å². The standard InChI is InChI=1S/C20H28BrNO2/c1-20(2)12-14-9-19(24-3)16(21)10-15(14)17(22-20)11-18(23)13-7-5-4-6-8-13/h9-11,13,18,22-23H,4-8,12H2,1-3H3/b17-11-. The highest BCUT2D eigenvalue weighted by molar-refractivity contribution is 9.10. The van der Waals surface area contributed by atoms with Crippen molar-refractivity contribution in [2.75, 3.05) is 7.11 Å². The molecule has 0 aromatic heterocycles. The molecule has 1 aliphatic heterocycles. The minimum atomic E-state index is -0.379. The molecule has 2 N–H and O–H groups in total. The Morgan fingerprint density at radius 3 is 2.67 bits per heavy atom. The molecule has 132 valence electrons. The van der Waals surface area contributed by atoms with Gasteiger partial charge in [-0.2, -0.15) is 0 Å². The Labute approximate surface area is 153 Å². The van der Waals surface area contributed by atoms with Crippen LogP contribution in [0.15, 0.2) is 22.7 Å². The fraction of sp³-hybridized carbons (Fsp3) is 0.600. The van der Waals surface area contributed by atoms with Crippen molar-refractivity contribution in [2.24, 2.45) is 5.92 Å². The van der Waals surface area contributed by atoms with Crippen molar-refractivity contribution in [3.8, 4) is 5.75 Å². The molecule has 1 aliphatic carbocycles. The Bertz CT molecular complexity index is 633. The number of ether oxygens (including phenoxy) is 1. The minimum absolute atomic E-state index is 0.0377. The molecule has 4 heteroatoms. The van der Waals surface area contributed by atoms with E-state index in [1.807, 2.05) is 6.08 Å². The zero-order valence-electron chi connectivity index (χ0n) is 14.9. The molecule has 1 atom stereocenters. The van der Waals surface area contributed by atoms with Crippen LogP contribution in [0.3, 0.4) is 0 Å². The first-order valence-corrected chi connectivity index (χ1v) is 9.74. The summed E-state index contributed by atoms with van der Waals surface area (Å²) in [7, 11) is 1.70. The zero-order chi connectivity index (χ0) is 17.3. The van der Waals surface area contributed by atoms with Crippen LogP contribution in [-0.2, 0) is 6.42 Å². The predicted octanol–water partition coefficient (Wildman–Crippen LogP) is 4.66. The first-order chi connectivity index (χ1) is 11.4. The summed E-state index contributed by atoms with van der Waals surface area (Å²) in [4.78, 5) is 0. The fourth-order valence-electron chi connectivity index (χ4n) is 4.02. The van der Waals surface area contributed by atoms with Crippen LogP contribution in [0.25, 0.3) is 5.70 Å². The minimum Gasteiger partial charge on any atom is -0.496 e. The summed E-state index contributed by atoms with van der Waals surface area (Å²) in [6, 6.07) is 4.22. The third-order valence-electron chi connectivity index (χ3n) is 5.24. The summed E-state index contributed by atoms with van der Waals surface area (Å²) in [5.74, 6) is 1.25. The Balaban J connectivity index is 1.95. The van der Waals surface area contributed by atoms with E-state index in [0.29, 0.717) is 5.92 Å². The normalized spacial score (nSPS) is 23.5. The number of hydrogen-bond acceptors (Lipinski definition) is 3. The van der Waals surface area contributed by atoms with E-state index in [0.717, 1.165) is 40.7 Å². The lowest BCUT2D eigenvalue weighted by Gasteiger charge is -2.37. The average molecular weight is 394 g/mol. The molecule has 0 saturated heterocycles. The summed E-state index contributed by atoms with van der Waals surface area (Å²) < 4.78 is 6.40. The topological polar surface area (TPSA) is 41.5 Å². The Morgan fingerprint density at radius 1 is 1.29 bits per heavy atom. The average Bonchev–Trinajstić information content (AvgIpc) is 2.55. The van der Waals surface area contributed by atoms with E-state index in [1.54, 1.807) is 7.11 Å². The van der Waals surface area contributed by atoms with Gasteiger partial charge < -0.3 is 15.2 Å². The van der Waals surface area contributed by atoms with Crippen molar-refractivity contribution < 1.29 is 9.84 Å². The van der Waals surface area contributed by atoms with Gasteiger partial charge in [0, 0.05) is 16.8 Å². The van der Waals surface area contributed by atoms with E-state index in [-0.39, 0.29) is 11.6 Å².